The van der Waals surface area contributed by atoms with Crippen LogP contribution in [0.2, 0.25) is 0 Å². The minimum atomic E-state index is -0.153. The highest BCUT2D eigenvalue weighted by Crippen LogP contribution is 2.52. The van der Waals surface area contributed by atoms with Crippen molar-refractivity contribution in [1.29, 1.82) is 0 Å². The lowest BCUT2D eigenvalue weighted by molar-refractivity contribution is 0.660. The van der Waals surface area contributed by atoms with Gasteiger partial charge in [0.15, 0.2) is 5.58 Å². The Balaban J connectivity index is 1.22. The Labute approximate surface area is 313 Å². The smallest absolute Gasteiger partial charge is 0.159 e. The van der Waals surface area contributed by atoms with Crippen LogP contribution in [0.5, 0.6) is 0 Å². The molecule has 0 N–H and O–H groups in total. The van der Waals surface area contributed by atoms with Gasteiger partial charge < -0.3 is 13.7 Å². The van der Waals surface area contributed by atoms with E-state index in [4.69, 9.17) is 8.83 Å². The van der Waals surface area contributed by atoms with Crippen LogP contribution in [0.1, 0.15) is 25.0 Å². The Morgan fingerprint density at radius 2 is 1.00 bits per heavy atom. The molecule has 0 amide bonds. The number of hydrogen-bond acceptors (Lipinski definition) is 3. The molecule has 0 unspecified atom stereocenters. The van der Waals surface area contributed by atoms with Crippen LogP contribution in [0.15, 0.2) is 185 Å². The zero-order valence-electron chi connectivity index (χ0n) is 30.0. The molecule has 0 aliphatic heterocycles. The van der Waals surface area contributed by atoms with Crippen molar-refractivity contribution >= 4 is 60.9 Å². The lowest BCUT2D eigenvalue weighted by Crippen LogP contribution is -2.16. The Kier molecular flexibility index (Phi) is 6.60. The van der Waals surface area contributed by atoms with E-state index in [9.17, 15) is 0 Å². The lowest BCUT2D eigenvalue weighted by atomic mass is 9.82. The molecule has 0 saturated heterocycles. The highest BCUT2D eigenvalue weighted by atomic mass is 16.3. The van der Waals surface area contributed by atoms with Crippen molar-refractivity contribution in [1.82, 2.24) is 0 Å². The van der Waals surface area contributed by atoms with E-state index in [0.29, 0.717) is 0 Å². The highest BCUT2D eigenvalue weighted by molar-refractivity contribution is 6.27. The van der Waals surface area contributed by atoms with Gasteiger partial charge in [0, 0.05) is 38.3 Å². The number of furan rings is 2. The summed E-state index contributed by atoms with van der Waals surface area (Å²) in [6.07, 6.45) is 0. The number of anilines is 3. The second-order valence-electron chi connectivity index (χ2n) is 14.9. The minimum Gasteiger partial charge on any atom is -0.456 e. The molecule has 10 aromatic rings. The molecule has 0 fully saturated rings. The molecule has 11 rings (SSSR count). The maximum absolute atomic E-state index is 7.02. The predicted molar refractivity (Wildman–Crippen MR) is 224 cm³/mol. The number of para-hydroxylation sites is 1. The number of benzene rings is 8. The molecule has 1 aliphatic rings. The fourth-order valence-corrected chi connectivity index (χ4v) is 8.82. The fraction of sp³-hybridized carbons (Fsp3) is 0.0588. The highest BCUT2D eigenvalue weighted by Gasteiger charge is 2.36. The van der Waals surface area contributed by atoms with E-state index in [1.807, 2.05) is 18.2 Å². The first kappa shape index (κ1) is 30.8. The van der Waals surface area contributed by atoms with E-state index in [0.717, 1.165) is 72.1 Å². The Hall–Kier alpha value is -6.84. The van der Waals surface area contributed by atoms with Gasteiger partial charge in [0.25, 0.3) is 0 Å². The maximum Gasteiger partial charge on any atom is 0.159 e. The van der Waals surface area contributed by atoms with Crippen LogP contribution in [0.25, 0.3) is 77.3 Å². The monoisotopic (exact) mass is 693 g/mol. The summed E-state index contributed by atoms with van der Waals surface area (Å²) in [5.74, 6) is 0. The molecule has 54 heavy (non-hydrogen) atoms. The van der Waals surface area contributed by atoms with Gasteiger partial charge in [-0.25, -0.2) is 0 Å². The molecule has 0 atom stereocenters. The number of hydrogen-bond donors (Lipinski definition) is 0. The van der Waals surface area contributed by atoms with Crippen molar-refractivity contribution in [2.24, 2.45) is 0 Å². The van der Waals surface area contributed by atoms with Crippen LogP contribution in [0.3, 0.4) is 0 Å². The first-order valence-electron chi connectivity index (χ1n) is 18.6. The van der Waals surface area contributed by atoms with E-state index in [1.165, 1.54) is 33.4 Å². The summed E-state index contributed by atoms with van der Waals surface area (Å²) in [7, 11) is 0. The average Bonchev–Trinajstić information content (AvgIpc) is 3.86. The Morgan fingerprint density at radius 1 is 0.407 bits per heavy atom. The van der Waals surface area contributed by atoms with Crippen LogP contribution in [0, 0.1) is 0 Å². The zero-order chi connectivity index (χ0) is 36.0. The molecule has 256 valence electrons. The molecule has 3 nitrogen and oxygen atoms in total. The van der Waals surface area contributed by atoms with Gasteiger partial charge in [-0.15, -0.1) is 0 Å². The normalized spacial score (nSPS) is 13.1. The van der Waals surface area contributed by atoms with Crippen molar-refractivity contribution in [3.63, 3.8) is 0 Å². The molecule has 2 heterocycles. The summed E-state index contributed by atoms with van der Waals surface area (Å²) in [6.45, 7) is 4.68. The standard InChI is InChI=1S/C51H35NO2/c1-51(2)42-19-11-9-17-38(42)39-26-25-37(31-43(39)51)52(36-23-21-34(22-24-36)32-13-5-3-6-14-32)44-30-35(33-15-7-4-8-16-33)29-41-49-47(54-50(41)44)28-27-46-48(49)40-18-10-12-20-45(40)53-46/h3-31H,1-2H3. The maximum atomic E-state index is 7.02. The van der Waals surface area contributed by atoms with Crippen molar-refractivity contribution in [3.05, 3.63) is 187 Å². The van der Waals surface area contributed by atoms with Gasteiger partial charge in [-0.3, -0.25) is 0 Å². The van der Waals surface area contributed by atoms with Crippen molar-refractivity contribution in [2.45, 2.75) is 19.3 Å². The number of rotatable bonds is 5. The van der Waals surface area contributed by atoms with E-state index >= 15 is 0 Å². The third-order valence-corrected chi connectivity index (χ3v) is 11.5. The average molecular weight is 694 g/mol. The van der Waals surface area contributed by atoms with Gasteiger partial charge in [0.2, 0.25) is 0 Å². The lowest BCUT2D eigenvalue weighted by Gasteiger charge is -2.28. The summed E-state index contributed by atoms with van der Waals surface area (Å²) in [4.78, 5) is 2.38. The first-order valence-corrected chi connectivity index (χ1v) is 18.6. The topological polar surface area (TPSA) is 29.5 Å². The molecule has 0 spiro atoms. The van der Waals surface area contributed by atoms with Gasteiger partial charge in [-0.2, -0.15) is 0 Å². The largest absolute Gasteiger partial charge is 0.456 e. The third-order valence-electron chi connectivity index (χ3n) is 11.5. The second kappa shape index (κ2) is 11.6. The van der Waals surface area contributed by atoms with Crippen LogP contribution < -0.4 is 4.90 Å². The SMILES string of the molecule is CC1(C)c2ccccc2-c2ccc(N(c3ccc(-c4ccccc4)cc3)c3cc(-c4ccccc4)cc4c3oc3ccc5oc6ccccc6c5c34)cc21. The summed E-state index contributed by atoms with van der Waals surface area (Å²) in [5.41, 5.74) is 16.2. The molecule has 2 aromatic heterocycles. The van der Waals surface area contributed by atoms with Gasteiger partial charge in [0.1, 0.15) is 16.7 Å². The van der Waals surface area contributed by atoms with Gasteiger partial charge in [-0.1, -0.05) is 135 Å². The molecule has 1 aliphatic carbocycles. The molecule has 8 aromatic carbocycles. The van der Waals surface area contributed by atoms with Crippen LogP contribution in [-0.4, -0.2) is 0 Å². The molecule has 3 heteroatoms. The predicted octanol–water partition coefficient (Wildman–Crippen LogP) is 14.6. The zero-order valence-corrected chi connectivity index (χ0v) is 30.0. The van der Waals surface area contributed by atoms with Gasteiger partial charge in [-0.05, 0) is 99.1 Å². The van der Waals surface area contributed by atoms with Gasteiger partial charge >= 0.3 is 0 Å². The molecule has 0 bridgehead atoms. The molecular formula is C51H35NO2. The molecule has 0 saturated carbocycles. The van der Waals surface area contributed by atoms with E-state index in [2.05, 4.69) is 176 Å². The van der Waals surface area contributed by atoms with Crippen LogP contribution >= 0.6 is 0 Å². The van der Waals surface area contributed by atoms with E-state index in [1.54, 1.807) is 0 Å². The minimum absolute atomic E-state index is 0.153. The fourth-order valence-electron chi connectivity index (χ4n) is 8.82. The summed E-state index contributed by atoms with van der Waals surface area (Å²) < 4.78 is 13.4. The van der Waals surface area contributed by atoms with Crippen molar-refractivity contribution < 1.29 is 8.83 Å². The third kappa shape index (κ3) is 4.55. The molecular weight excluding hydrogens is 659 g/mol. The van der Waals surface area contributed by atoms with Crippen LogP contribution in [0.4, 0.5) is 17.1 Å². The number of fused-ring (bicyclic) bond motifs is 10. The van der Waals surface area contributed by atoms with Gasteiger partial charge in [0.05, 0.1) is 5.69 Å². The summed E-state index contributed by atoms with van der Waals surface area (Å²) in [5, 5.41) is 4.28. The van der Waals surface area contributed by atoms with E-state index in [-0.39, 0.29) is 5.41 Å². The number of nitrogens with zero attached hydrogens (tertiary/aromatic N) is 1. The summed E-state index contributed by atoms with van der Waals surface area (Å²) >= 11 is 0. The molecule has 0 radical (unpaired) electrons. The Morgan fingerprint density at radius 3 is 1.78 bits per heavy atom. The second-order valence-corrected chi connectivity index (χ2v) is 14.9. The summed E-state index contributed by atoms with van der Waals surface area (Å²) in [6, 6.07) is 62.9. The van der Waals surface area contributed by atoms with Crippen LogP contribution in [-0.2, 0) is 5.41 Å². The van der Waals surface area contributed by atoms with Crippen molar-refractivity contribution in [2.75, 3.05) is 4.90 Å². The Bertz CT molecular complexity index is 3060. The van der Waals surface area contributed by atoms with E-state index < -0.39 is 0 Å². The van der Waals surface area contributed by atoms with Crippen molar-refractivity contribution in [3.8, 4) is 33.4 Å². The quantitative estimate of drug-likeness (QED) is 0.180. The first-order chi connectivity index (χ1) is 26.5.